The molecule has 4 aliphatic rings. The molecule has 2 aromatic carbocycles. The van der Waals surface area contributed by atoms with Crippen molar-refractivity contribution < 1.29 is 18.3 Å². The van der Waals surface area contributed by atoms with E-state index in [0.717, 1.165) is 68.6 Å². The first-order valence-electron chi connectivity index (χ1n) is 17.5. The van der Waals surface area contributed by atoms with Gasteiger partial charge in [-0.2, -0.15) is 9.97 Å². The molecule has 4 saturated heterocycles. The number of imidazole rings is 1. The van der Waals surface area contributed by atoms with Crippen LogP contribution in [0.3, 0.4) is 0 Å². The zero-order valence-corrected chi connectivity index (χ0v) is 28.1. The molecule has 10 nitrogen and oxygen atoms in total. The van der Waals surface area contributed by atoms with E-state index in [1.165, 1.54) is 6.07 Å². The number of benzene rings is 2. The van der Waals surface area contributed by atoms with Gasteiger partial charge in [-0.05, 0) is 67.4 Å². The third kappa shape index (κ3) is 4.97. The summed E-state index contributed by atoms with van der Waals surface area (Å²) in [4.78, 5) is 22.2. The Morgan fingerprint density at radius 3 is 2.74 bits per heavy atom. The van der Waals surface area contributed by atoms with Gasteiger partial charge >= 0.3 is 6.01 Å². The van der Waals surface area contributed by atoms with Crippen LogP contribution in [0.25, 0.3) is 38.6 Å². The number of pyridine rings is 1. The number of hydrogen-bond acceptors (Lipinski definition) is 9. The summed E-state index contributed by atoms with van der Waals surface area (Å²) in [7, 11) is 1.74. The van der Waals surface area contributed by atoms with Gasteiger partial charge in [0.1, 0.15) is 29.8 Å². The van der Waals surface area contributed by atoms with E-state index < -0.39 is 12.0 Å². The van der Waals surface area contributed by atoms with Gasteiger partial charge in [0.15, 0.2) is 5.82 Å². The van der Waals surface area contributed by atoms with E-state index in [2.05, 4.69) is 20.6 Å². The average Bonchev–Trinajstić information content (AvgIpc) is 3.87. The summed E-state index contributed by atoms with van der Waals surface area (Å²) >= 11 is 0. The number of nitrogen functional groups attached to an aromatic ring is 1. The predicted molar refractivity (Wildman–Crippen MR) is 190 cm³/mol. The van der Waals surface area contributed by atoms with Gasteiger partial charge in [-0.1, -0.05) is 12.0 Å². The highest BCUT2D eigenvalue weighted by atomic mass is 19.1. The third-order valence-corrected chi connectivity index (χ3v) is 11.4. The summed E-state index contributed by atoms with van der Waals surface area (Å²) in [6, 6.07) is 9.42. The quantitative estimate of drug-likeness (QED) is 0.179. The second-order valence-electron chi connectivity index (χ2n) is 14.4. The van der Waals surface area contributed by atoms with Crippen LogP contribution in [0.4, 0.5) is 20.3 Å². The van der Waals surface area contributed by atoms with Gasteiger partial charge in [0, 0.05) is 80.8 Å². The lowest BCUT2D eigenvalue weighted by molar-refractivity contribution is 0.107. The number of rotatable bonds is 8. The molecule has 2 N–H and O–H groups in total. The van der Waals surface area contributed by atoms with Gasteiger partial charge in [-0.15, -0.1) is 6.42 Å². The first-order chi connectivity index (χ1) is 24.4. The van der Waals surface area contributed by atoms with Crippen LogP contribution in [0, 0.1) is 18.2 Å². The Morgan fingerprint density at radius 1 is 1.10 bits per heavy atom. The fraction of sp³-hybridized carbons (Fsp3) is 0.447. The number of halogens is 2. The number of terminal acetylenes is 1. The van der Waals surface area contributed by atoms with Crippen molar-refractivity contribution in [1.82, 2.24) is 29.2 Å². The fourth-order valence-electron chi connectivity index (χ4n) is 9.30. The van der Waals surface area contributed by atoms with E-state index >= 15 is 4.39 Å². The van der Waals surface area contributed by atoms with Crippen LogP contribution in [-0.2, 0) is 4.74 Å². The number of methoxy groups -OCH3 is 1. The molecule has 4 aliphatic heterocycles. The normalized spacial score (nSPS) is 25.2. The van der Waals surface area contributed by atoms with Crippen LogP contribution in [0.5, 0.6) is 6.01 Å². The minimum absolute atomic E-state index is 0.167. The Kier molecular flexibility index (Phi) is 7.56. The summed E-state index contributed by atoms with van der Waals surface area (Å²) < 4.78 is 43.8. The highest BCUT2D eigenvalue weighted by molar-refractivity contribution is 6.07. The van der Waals surface area contributed by atoms with E-state index in [1.54, 1.807) is 25.4 Å². The van der Waals surface area contributed by atoms with E-state index in [4.69, 9.17) is 36.6 Å². The Bertz CT molecular complexity index is 2170. The molecule has 50 heavy (non-hydrogen) atoms. The molecule has 2 bridgehead atoms. The molecule has 0 amide bonds. The summed E-state index contributed by atoms with van der Waals surface area (Å²) in [6.45, 7) is 5.02. The molecule has 0 radical (unpaired) electrons. The number of fused-ring (bicyclic) bond motifs is 7. The maximum atomic E-state index is 15.2. The Morgan fingerprint density at radius 2 is 1.94 bits per heavy atom. The standard InChI is InChI=1S/C38H40F2N8O2/c1-3-28-31(40)8-5-23-15-25(41)16-29(33(23)28)30-17-32-34(47-12-10-42-35(30)47)36(48-26-6-7-27(48)21-45(20-26)13-14-49-2)44-37(43-32)50-22-38-9-4-11-46(38)19-24(39)18-38/h1,5,8,10,12,15-17,24,26-27H,4,6-7,9,11,13-14,18-22,41H2,2H3/t24-,26?,27?,38?/m1/s1. The summed E-state index contributed by atoms with van der Waals surface area (Å²) in [5.41, 5.74) is 10.3. The monoisotopic (exact) mass is 678 g/mol. The van der Waals surface area contributed by atoms with Crippen molar-refractivity contribution in [2.75, 3.05) is 63.7 Å². The molecule has 0 saturated carbocycles. The number of nitrogens with two attached hydrogens (primary N) is 1. The molecule has 3 aromatic heterocycles. The maximum Gasteiger partial charge on any atom is 0.319 e. The number of alkyl halides is 1. The molecule has 0 spiro atoms. The molecular weight excluding hydrogens is 638 g/mol. The lowest BCUT2D eigenvalue weighted by Gasteiger charge is -2.42. The largest absolute Gasteiger partial charge is 0.461 e. The molecule has 12 heteroatoms. The van der Waals surface area contributed by atoms with Crippen molar-refractivity contribution in [2.24, 2.45) is 0 Å². The lowest BCUT2D eigenvalue weighted by atomic mass is 9.94. The lowest BCUT2D eigenvalue weighted by Crippen LogP contribution is -2.54. The molecule has 3 unspecified atom stereocenters. The first kappa shape index (κ1) is 31.4. The molecule has 4 atom stereocenters. The van der Waals surface area contributed by atoms with Gasteiger partial charge in [0.2, 0.25) is 0 Å². The number of ether oxygens (including phenoxy) is 2. The molecular formula is C38H40F2N8O2. The molecule has 4 fully saturated rings. The van der Waals surface area contributed by atoms with E-state index in [0.29, 0.717) is 59.5 Å². The molecule has 258 valence electrons. The second kappa shape index (κ2) is 12.0. The third-order valence-electron chi connectivity index (χ3n) is 11.4. The Hall–Kier alpha value is -4.57. The van der Waals surface area contributed by atoms with Crippen molar-refractivity contribution >= 4 is 39.0 Å². The minimum Gasteiger partial charge on any atom is -0.461 e. The van der Waals surface area contributed by atoms with E-state index in [9.17, 15) is 4.39 Å². The fourth-order valence-corrected chi connectivity index (χ4v) is 9.30. The Labute approximate surface area is 289 Å². The van der Waals surface area contributed by atoms with Crippen LogP contribution >= 0.6 is 0 Å². The van der Waals surface area contributed by atoms with Gasteiger partial charge < -0.3 is 20.1 Å². The summed E-state index contributed by atoms with van der Waals surface area (Å²) in [6.07, 6.45) is 13.1. The first-order valence-corrected chi connectivity index (χ1v) is 17.5. The number of anilines is 2. The SMILES string of the molecule is C#Cc1c(F)ccc2cc(N)cc(-c3cc4nc(OCC56CCCN5C[C@H](F)C6)nc(N5C6CCC5CN(CCOC)C6)c4n4ccnc34)c12. The number of aromatic nitrogens is 4. The van der Waals surface area contributed by atoms with Crippen molar-refractivity contribution in [3.63, 3.8) is 0 Å². The molecule has 5 aromatic rings. The zero-order valence-electron chi connectivity index (χ0n) is 28.1. The van der Waals surface area contributed by atoms with Gasteiger partial charge in [-0.3, -0.25) is 14.2 Å². The zero-order chi connectivity index (χ0) is 34.1. The number of nitrogens with zero attached hydrogens (tertiary/aromatic N) is 7. The number of piperazine rings is 1. The highest BCUT2D eigenvalue weighted by Gasteiger charge is 2.49. The van der Waals surface area contributed by atoms with Gasteiger partial charge in [0.05, 0.1) is 23.2 Å². The Balaban J connectivity index is 1.23. The van der Waals surface area contributed by atoms with Gasteiger partial charge in [-0.25, -0.2) is 13.8 Å². The van der Waals surface area contributed by atoms with Crippen molar-refractivity contribution in [3.05, 3.63) is 54.1 Å². The van der Waals surface area contributed by atoms with Crippen molar-refractivity contribution in [1.29, 1.82) is 0 Å². The van der Waals surface area contributed by atoms with Crippen LogP contribution < -0.4 is 15.4 Å². The van der Waals surface area contributed by atoms with Crippen molar-refractivity contribution in [3.8, 4) is 29.5 Å². The maximum absolute atomic E-state index is 15.2. The smallest absolute Gasteiger partial charge is 0.319 e. The summed E-state index contributed by atoms with van der Waals surface area (Å²) in [5, 5.41) is 1.32. The predicted octanol–water partition coefficient (Wildman–Crippen LogP) is 5.05. The molecule has 0 aliphatic carbocycles. The highest BCUT2D eigenvalue weighted by Crippen LogP contribution is 2.43. The molecule has 7 heterocycles. The average molecular weight is 679 g/mol. The van der Waals surface area contributed by atoms with E-state index in [-0.39, 0.29) is 29.2 Å². The van der Waals surface area contributed by atoms with Gasteiger partial charge in [0.25, 0.3) is 0 Å². The van der Waals surface area contributed by atoms with Crippen LogP contribution in [0.15, 0.2) is 42.7 Å². The van der Waals surface area contributed by atoms with Crippen LogP contribution in [0.2, 0.25) is 0 Å². The second-order valence-corrected chi connectivity index (χ2v) is 14.4. The molecule has 9 rings (SSSR count). The summed E-state index contributed by atoms with van der Waals surface area (Å²) in [5.74, 6) is 2.88. The van der Waals surface area contributed by atoms with Crippen LogP contribution in [-0.4, -0.2) is 106 Å². The van der Waals surface area contributed by atoms with E-state index in [1.807, 2.05) is 22.7 Å². The minimum atomic E-state index is -0.861. The van der Waals surface area contributed by atoms with Crippen molar-refractivity contribution in [2.45, 2.75) is 55.9 Å². The topological polar surface area (TPSA) is 97.3 Å². The van der Waals surface area contributed by atoms with Crippen LogP contribution in [0.1, 0.15) is 37.7 Å². The number of likely N-dealkylation sites (tertiary alicyclic amines) is 1. The number of hydrogen-bond donors (Lipinski definition) is 1.